The molecule has 2 atom stereocenters. The highest BCUT2D eigenvalue weighted by Crippen LogP contribution is 2.49. The average Bonchev–Trinajstić information content (AvgIpc) is 2.77. The lowest BCUT2D eigenvalue weighted by Crippen LogP contribution is -2.69. The second-order valence-electron chi connectivity index (χ2n) is 9.44. The molecule has 0 radical (unpaired) electrons. The Morgan fingerprint density at radius 3 is 2.69 bits per heavy atom. The monoisotopic (exact) mass is 508 g/mol. The highest BCUT2D eigenvalue weighted by Gasteiger charge is 2.49. The summed E-state index contributed by atoms with van der Waals surface area (Å²) in [6, 6.07) is 13.3. The maximum Gasteiger partial charge on any atom is 0.343 e. The first-order valence-corrected chi connectivity index (χ1v) is 12.3. The molecule has 2 aliphatic rings. The van der Waals surface area contributed by atoms with Gasteiger partial charge in [0.2, 0.25) is 0 Å². The Labute approximate surface area is 216 Å². The molecule has 0 aliphatic carbocycles. The molecule has 1 saturated heterocycles. The molecule has 2 aromatic rings. The zero-order chi connectivity index (χ0) is 25.2. The van der Waals surface area contributed by atoms with Crippen molar-refractivity contribution in [3.63, 3.8) is 0 Å². The van der Waals surface area contributed by atoms with Crippen molar-refractivity contribution in [2.75, 3.05) is 0 Å². The summed E-state index contributed by atoms with van der Waals surface area (Å²) >= 11 is 12.2. The van der Waals surface area contributed by atoms with E-state index in [4.69, 9.17) is 33.3 Å². The third-order valence-electron chi connectivity index (χ3n) is 6.17. The topological polar surface area (TPSA) is 59.6 Å². The number of ether oxygens (including phenoxy) is 2. The van der Waals surface area contributed by atoms with E-state index < -0.39 is 11.7 Å². The molecule has 35 heavy (non-hydrogen) atoms. The number of hydrogen-bond acceptors (Lipinski definition) is 4. The molecular weight excluding hydrogens is 480 g/mol. The van der Waals surface area contributed by atoms with Gasteiger partial charge in [-0.05, 0) is 56.8 Å². The third-order valence-corrected chi connectivity index (χ3v) is 6.72. The number of allylic oxidation sites excluding steroid dienone is 3. The molecule has 0 bridgehead atoms. The van der Waals surface area contributed by atoms with E-state index in [-0.39, 0.29) is 11.5 Å². The van der Waals surface area contributed by atoms with E-state index in [1.165, 1.54) is 0 Å². The molecule has 2 unspecified atom stereocenters. The maximum atomic E-state index is 12.7. The summed E-state index contributed by atoms with van der Waals surface area (Å²) in [7, 11) is 0. The number of benzene rings is 2. The van der Waals surface area contributed by atoms with Crippen LogP contribution in [0.1, 0.15) is 50.7 Å². The van der Waals surface area contributed by atoms with Crippen molar-refractivity contribution in [2.24, 2.45) is 0 Å². The van der Waals surface area contributed by atoms with Gasteiger partial charge in [0.1, 0.15) is 11.5 Å². The van der Waals surface area contributed by atoms with E-state index in [2.05, 4.69) is 31.1 Å². The Hall–Kier alpha value is -3.09. The summed E-state index contributed by atoms with van der Waals surface area (Å²) in [6.45, 7) is 9.62. The van der Waals surface area contributed by atoms with Crippen LogP contribution in [0.15, 0.2) is 78.9 Å². The lowest BCUT2D eigenvalue weighted by atomic mass is 9.77. The zero-order valence-electron chi connectivity index (χ0n) is 20.1. The highest BCUT2D eigenvalue weighted by atomic mass is 35.5. The van der Waals surface area contributed by atoms with Crippen LogP contribution in [0, 0.1) is 0 Å². The van der Waals surface area contributed by atoms with Crippen LogP contribution < -0.4 is 20.1 Å². The molecule has 182 valence electrons. The third kappa shape index (κ3) is 5.44. The van der Waals surface area contributed by atoms with Gasteiger partial charge >= 0.3 is 5.97 Å². The summed E-state index contributed by atoms with van der Waals surface area (Å²) in [5, 5.41) is 7.93. The molecule has 1 fully saturated rings. The van der Waals surface area contributed by atoms with Gasteiger partial charge in [-0.2, -0.15) is 0 Å². The number of esters is 1. The molecule has 4 rings (SSSR count). The summed E-state index contributed by atoms with van der Waals surface area (Å²) < 4.78 is 12.3. The maximum absolute atomic E-state index is 12.7. The van der Waals surface area contributed by atoms with E-state index in [0.29, 0.717) is 40.0 Å². The molecule has 5 nitrogen and oxygen atoms in total. The summed E-state index contributed by atoms with van der Waals surface area (Å²) in [4.78, 5) is 12.7. The normalized spacial score (nSPS) is 23.1. The van der Waals surface area contributed by atoms with E-state index in [9.17, 15) is 4.79 Å². The van der Waals surface area contributed by atoms with Gasteiger partial charge in [0, 0.05) is 41.0 Å². The molecule has 2 aliphatic heterocycles. The van der Waals surface area contributed by atoms with Crippen molar-refractivity contribution in [1.82, 2.24) is 10.6 Å². The fourth-order valence-corrected chi connectivity index (χ4v) is 5.56. The van der Waals surface area contributed by atoms with Crippen LogP contribution in [0.25, 0.3) is 0 Å². The Kier molecular flexibility index (Phi) is 7.06. The van der Waals surface area contributed by atoms with Crippen LogP contribution in [-0.4, -0.2) is 22.3 Å². The molecule has 0 aromatic heterocycles. The van der Waals surface area contributed by atoms with Crippen molar-refractivity contribution >= 4 is 34.9 Å². The van der Waals surface area contributed by atoms with Crippen molar-refractivity contribution in [2.45, 2.75) is 50.8 Å². The minimum absolute atomic E-state index is 0.0389. The predicted molar refractivity (Wildman–Crippen MR) is 144 cm³/mol. The summed E-state index contributed by atoms with van der Waals surface area (Å²) in [5.74, 6) is 0.526. The van der Waals surface area contributed by atoms with Crippen LogP contribution in [0.5, 0.6) is 11.5 Å². The van der Waals surface area contributed by atoms with Crippen molar-refractivity contribution < 1.29 is 14.3 Å². The van der Waals surface area contributed by atoms with Gasteiger partial charge in [-0.25, -0.2) is 4.79 Å². The smallest absolute Gasteiger partial charge is 0.343 e. The first-order valence-electron chi connectivity index (χ1n) is 11.5. The number of carbonyl (C=O) groups is 1. The van der Waals surface area contributed by atoms with Gasteiger partial charge in [0.15, 0.2) is 10.8 Å². The Bertz CT molecular complexity index is 1240. The Morgan fingerprint density at radius 1 is 1.23 bits per heavy atom. The van der Waals surface area contributed by atoms with Gasteiger partial charge < -0.3 is 20.1 Å². The summed E-state index contributed by atoms with van der Waals surface area (Å²) in [5.41, 5.74) is 1.41. The van der Waals surface area contributed by atoms with Crippen LogP contribution in [0.3, 0.4) is 0 Å². The number of rotatable bonds is 5. The number of hydrogen-bond donors (Lipinski definition) is 2. The highest BCUT2D eigenvalue weighted by molar-refractivity contribution is 7.80. The van der Waals surface area contributed by atoms with Gasteiger partial charge in [-0.1, -0.05) is 60.7 Å². The molecule has 2 N–H and O–H groups in total. The van der Waals surface area contributed by atoms with E-state index in [0.717, 1.165) is 11.1 Å². The Morgan fingerprint density at radius 2 is 2.00 bits per heavy atom. The minimum Gasteiger partial charge on any atom is -0.468 e. The first kappa shape index (κ1) is 25.0. The van der Waals surface area contributed by atoms with Crippen LogP contribution >= 0.6 is 23.8 Å². The quantitative estimate of drug-likeness (QED) is 0.165. The standard InChI is InChI=1S/C28H29ClN2O3S/c1-5-7-10-18(6-2)25(32)33-19-13-14-21-22(20-11-8-9-12-23(20)29)16-28(34-24(21)15-19)17-27(3,4)30-26(35)31-28/h5-15,22H,1,16-17H2,2-4H3,(H2,30,31,35). The van der Waals surface area contributed by atoms with Crippen LogP contribution in [0.4, 0.5) is 0 Å². The van der Waals surface area contributed by atoms with Gasteiger partial charge in [0.25, 0.3) is 0 Å². The van der Waals surface area contributed by atoms with E-state index >= 15 is 0 Å². The number of nitrogens with one attached hydrogen (secondary N) is 2. The van der Waals surface area contributed by atoms with Gasteiger partial charge in [-0.15, -0.1) is 0 Å². The molecule has 2 heterocycles. The molecule has 7 heteroatoms. The van der Waals surface area contributed by atoms with Crippen LogP contribution in [-0.2, 0) is 4.79 Å². The van der Waals surface area contributed by atoms with Crippen molar-refractivity contribution in [1.29, 1.82) is 0 Å². The van der Waals surface area contributed by atoms with Gasteiger partial charge in [0.05, 0.1) is 5.57 Å². The van der Waals surface area contributed by atoms with Crippen LogP contribution in [0.2, 0.25) is 5.02 Å². The fraction of sp³-hybridized carbons (Fsp3) is 0.286. The molecule has 2 aromatic carbocycles. The van der Waals surface area contributed by atoms with E-state index in [1.54, 1.807) is 43.4 Å². The summed E-state index contributed by atoms with van der Waals surface area (Å²) in [6.07, 6.45) is 7.97. The lowest BCUT2D eigenvalue weighted by molar-refractivity contribution is -0.129. The SMILES string of the molecule is C=CC=CC(=CC)C(=O)Oc1ccc2c(c1)OC1(CC2c2ccccc2Cl)CC(C)(C)NC(=S)N1. The van der Waals surface area contributed by atoms with E-state index in [1.807, 2.05) is 30.3 Å². The predicted octanol–water partition coefficient (Wildman–Crippen LogP) is 6.19. The number of carbonyl (C=O) groups excluding carboxylic acids is 1. The lowest BCUT2D eigenvalue weighted by Gasteiger charge is -2.50. The minimum atomic E-state index is -0.744. The van der Waals surface area contributed by atoms with Gasteiger partial charge in [-0.3, -0.25) is 0 Å². The number of fused-ring (bicyclic) bond motifs is 1. The second kappa shape index (κ2) is 9.88. The van der Waals surface area contributed by atoms with Crippen molar-refractivity contribution in [3.05, 3.63) is 95.1 Å². The molecule has 1 spiro atoms. The largest absolute Gasteiger partial charge is 0.468 e. The van der Waals surface area contributed by atoms with Crippen molar-refractivity contribution in [3.8, 4) is 11.5 Å². The average molecular weight is 509 g/mol. The first-order chi connectivity index (χ1) is 16.6. The zero-order valence-corrected chi connectivity index (χ0v) is 21.6. The number of thiocarbonyl (C=S) groups is 1. The number of halogens is 1. The second-order valence-corrected chi connectivity index (χ2v) is 10.3. The molecular formula is C28H29ClN2O3S. The molecule has 0 saturated carbocycles. The molecule has 0 amide bonds. The fourth-order valence-electron chi connectivity index (χ4n) is 4.83. The Balaban J connectivity index is 1.74.